The fourth-order valence-corrected chi connectivity index (χ4v) is 2.57. The van der Waals surface area contributed by atoms with E-state index in [1.54, 1.807) is 14.1 Å². The van der Waals surface area contributed by atoms with E-state index in [0.717, 1.165) is 11.3 Å². The monoisotopic (exact) mass is 317 g/mol. The van der Waals surface area contributed by atoms with Crippen LogP contribution in [0, 0.1) is 5.92 Å². The van der Waals surface area contributed by atoms with Crippen molar-refractivity contribution in [2.45, 2.75) is 25.7 Å². The number of rotatable bonds is 6. The Hall–Kier alpha value is -2.37. The van der Waals surface area contributed by atoms with Crippen molar-refractivity contribution in [2.75, 3.05) is 26.0 Å². The molecule has 1 aliphatic heterocycles. The van der Waals surface area contributed by atoms with Crippen molar-refractivity contribution < 1.29 is 14.4 Å². The quantitative estimate of drug-likeness (QED) is 0.827. The van der Waals surface area contributed by atoms with Gasteiger partial charge in [-0.3, -0.25) is 14.4 Å². The van der Waals surface area contributed by atoms with Crippen molar-refractivity contribution in [3.05, 3.63) is 29.8 Å². The molecule has 0 aliphatic carbocycles. The number of carbonyl (C=O) groups excluding carboxylic acids is 3. The van der Waals surface area contributed by atoms with Crippen molar-refractivity contribution in [1.29, 1.82) is 0 Å². The summed E-state index contributed by atoms with van der Waals surface area (Å²) in [5, 5.41) is 5.61. The van der Waals surface area contributed by atoms with Gasteiger partial charge in [0.25, 0.3) is 0 Å². The number of benzene rings is 1. The van der Waals surface area contributed by atoms with E-state index in [9.17, 15) is 14.4 Å². The fraction of sp³-hybridized carbons (Fsp3) is 0.471. The maximum absolute atomic E-state index is 12.1. The van der Waals surface area contributed by atoms with Gasteiger partial charge in [0.05, 0.1) is 0 Å². The van der Waals surface area contributed by atoms with Gasteiger partial charge < -0.3 is 15.5 Å². The van der Waals surface area contributed by atoms with Crippen molar-refractivity contribution in [3.8, 4) is 0 Å². The minimum Gasteiger partial charge on any atom is -0.356 e. The van der Waals surface area contributed by atoms with E-state index in [0.29, 0.717) is 19.4 Å². The number of fused-ring (bicyclic) bond motifs is 1. The molecule has 2 rings (SSSR count). The lowest BCUT2D eigenvalue weighted by Gasteiger charge is -2.24. The first-order valence-corrected chi connectivity index (χ1v) is 7.83. The Kier molecular flexibility index (Phi) is 5.73. The molecule has 124 valence electrons. The van der Waals surface area contributed by atoms with Crippen LogP contribution < -0.4 is 10.6 Å². The zero-order chi connectivity index (χ0) is 16.8. The molecular weight excluding hydrogens is 294 g/mol. The molecule has 0 aromatic heterocycles. The molecule has 1 heterocycles. The highest BCUT2D eigenvalue weighted by Crippen LogP contribution is 2.27. The van der Waals surface area contributed by atoms with E-state index in [2.05, 4.69) is 10.6 Å². The van der Waals surface area contributed by atoms with Gasteiger partial charge in [-0.2, -0.15) is 0 Å². The van der Waals surface area contributed by atoms with Crippen molar-refractivity contribution in [1.82, 2.24) is 10.2 Å². The summed E-state index contributed by atoms with van der Waals surface area (Å²) in [6.07, 6.45) is 1.74. The summed E-state index contributed by atoms with van der Waals surface area (Å²) in [5.74, 6) is -0.352. The lowest BCUT2D eigenvalue weighted by Crippen LogP contribution is -2.33. The number of anilines is 1. The Balaban J connectivity index is 1.74. The number of nitrogens with zero attached hydrogens (tertiary/aromatic N) is 1. The van der Waals surface area contributed by atoms with Crippen LogP contribution in [0.25, 0.3) is 0 Å². The van der Waals surface area contributed by atoms with Crippen molar-refractivity contribution >= 4 is 23.4 Å². The summed E-state index contributed by atoms with van der Waals surface area (Å²) in [6.45, 7) is 0.329. The zero-order valence-corrected chi connectivity index (χ0v) is 13.6. The van der Waals surface area contributed by atoms with Crippen LogP contribution in [-0.4, -0.2) is 43.3 Å². The van der Waals surface area contributed by atoms with E-state index in [1.165, 1.54) is 4.90 Å². The molecule has 1 unspecified atom stereocenters. The van der Waals surface area contributed by atoms with Gasteiger partial charge in [0.1, 0.15) is 0 Å². The Morgan fingerprint density at radius 3 is 2.74 bits per heavy atom. The number of hydrogen-bond acceptors (Lipinski definition) is 3. The second-order valence-corrected chi connectivity index (χ2v) is 5.97. The summed E-state index contributed by atoms with van der Waals surface area (Å²) in [5.41, 5.74) is 1.97. The van der Waals surface area contributed by atoms with Gasteiger partial charge >= 0.3 is 0 Å². The summed E-state index contributed by atoms with van der Waals surface area (Å²) in [6, 6.07) is 7.72. The molecule has 1 aromatic rings. The normalized spacial score (nSPS) is 16.3. The molecule has 6 heteroatoms. The zero-order valence-electron chi connectivity index (χ0n) is 13.6. The molecule has 0 spiro atoms. The third kappa shape index (κ3) is 4.81. The smallest absolute Gasteiger partial charge is 0.227 e. The SMILES string of the molecule is CN(C)C(=O)CCNC(=O)CCC1Cc2ccccc2NC1=O. The van der Waals surface area contributed by atoms with Crippen LogP contribution in [0.15, 0.2) is 24.3 Å². The van der Waals surface area contributed by atoms with Gasteiger partial charge in [0, 0.05) is 45.1 Å². The highest BCUT2D eigenvalue weighted by molar-refractivity contribution is 5.96. The summed E-state index contributed by atoms with van der Waals surface area (Å²) >= 11 is 0. The Morgan fingerprint density at radius 2 is 2.00 bits per heavy atom. The molecule has 6 nitrogen and oxygen atoms in total. The van der Waals surface area contributed by atoms with Gasteiger partial charge in [0.15, 0.2) is 0 Å². The average Bonchev–Trinajstić information content (AvgIpc) is 2.52. The molecule has 1 aliphatic rings. The number of hydrogen-bond donors (Lipinski definition) is 2. The maximum atomic E-state index is 12.1. The Bertz CT molecular complexity index is 599. The molecular formula is C17H23N3O3. The van der Waals surface area contributed by atoms with Crippen molar-refractivity contribution in [3.63, 3.8) is 0 Å². The summed E-state index contributed by atoms with van der Waals surface area (Å²) in [4.78, 5) is 36.8. The average molecular weight is 317 g/mol. The van der Waals surface area contributed by atoms with Gasteiger partial charge in [-0.1, -0.05) is 18.2 Å². The molecule has 23 heavy (non-hydrogen) atoms. The van der Waals surface area contributed by atoms with E-state index in [4.69, 9.17) is 0 Å². The van der Waals surface area contributed by atoms with Gasteiger partial charge in [0.2, 0.25) is 17.7 Å². The van der Waals surface area contributed by atoms with Crippen LogP contribution in [0.4, 0.5) is 5.69 Å². The van der Waals surface area contributed by atoms with Gasteiger partial charge in [-0.15, -0.1) is 0 Å². The molecule has 2 N–H and O–H groups in total. The second-order valence-electron chi connectivity index (χ2n) is 5.97. The summed E-state index contributed by atoms with van der Waals surface area (Å²) in [7, 11) is 3.37. The van der Waals surface area contributed by atoms with Gasteiger partial charge in [-0.05, 0) is 24.5 Å². The first-order valence-electron chi connectivity index (χ1n) is 7.83. The van der Waals surface area contributed by atoms with E-state index >= 15 is 0 Å². The highest BCUT2D eigenvalue weighted by Gasteiger charge is 2.26. The van der Waals surface area contributed by atoms with Crippen LogP contribution in [0.1, 0.15) is 24.8 Å². The summed E-state index contributed by atoms with van der Waals surface area (Å²) < 4.78 is 0. The predicted octanol–water partition coefficient (Wildman–Crippen LogP) is 1.17. The van der Waals surface area contributed by atoms with Crippen LogP contribution in [0.5, 0.6) is 0 Å². The molecule has 0 fully saturated rings. The minimum atomic E-state index is -0.181. The molecule has 0 bridgehead atoms. The first-order chi connectivity index (χ1) is 11.0. The Morgan fingerprint density at radius 1 is 1.26 bits per heavy atom. The van der Waals surface area contributed by atoms with Crippen molar-refractivity contribution in [2.24, 2.45) is 5.92 Å². The molecule has 1 aromatic carbocycles. The molecule has 1 atom stereocenters. The molecule has 3 amide bonds. The molecule has 0 radical (unpaired) electrons. The maximum Gasteiger partial charge on any atom is 0.227 e. The van der Waals surface area contributed by atoms with Crippen LogP contribution in [0.2, 0.25) is 0 Å². The standard InChI is InChI=1S/C17H23N3O3/c1-20(2)16(22)9-10-18-15(21)8-7-13-11-12-5-3-4-6-14(12)19-17(13)23/h3-6,13H,7-11H2,1-2H3,(H,18,21)(H,19,23). The topological polar surface area (TPSA) is 78.5 Å². The number of amides is 3. The fourth-order valence-electron chi connectivity index (χ4n) is 2.57. The minimum absolute atomic E-state index is 0.0198. The van der Waals surface area contributed by atoms with E-state index in [-0.39, 0.29) is 36.5 Å². The van der Waals surface area contributed by atoms with Gasteiger partial charge in [-0.25, -0.2) is 0 Å². The molecule has 0 saturated carbocycles. The van der Waals surface area contributed by atoms with Crippen LogP contribution >= 0.6 is 0 Å². The second kappa shape index (κ2) is 7.76. The third-order valence-corrected chi connectivity index (χ3v) is 3.99. The van der Waals surface area contributed by atoms with E-state index < -0.39 is 0 Å². The lowest BCUT2D eigenvalue weighted by molar-refractivity contribution is -0.128. The van der Waals surface area contributed by atoms with Crippen LogP contribution in [0.3, 0.4) is 0 Å². The third-order valence-electron chi connectivity index (χ3n) is 3.99. The first kappa shape index (κ1) is 17.0. The number of nitrogens with one attached hydrogen (secondary N) is 2. The lowest BCUT2D eigenvalue weighted by atomic mass is 9.89. The number of para-hydroxylation sites is 1. The highest BCUT2D eigenvalue weighted by atomic mass is 16.2. The largest absolute Gasteiger partial charge is 0.356 e. The van der Waals surface area contributed by atoms with E-state index in [1.807, 2.05) is 24.3 Å². The Labute approximate surface area is 136 Å². The van der Waals surface area contributed by atoms with Crippen LogP contribution in [-0.2, 0) is 20.8 Å². The molecule has 0 saturated heterocycles. The number of carbonyl (C=O) groups is 3. The predicted molar refractivity (Wildman–Crippen MR) is 87.8 cm³/mol.